The van der Waals surface area contributed by atoms with Crippen molar-refractivity contribution >= 4 is 46.6 Å². The van der Waals surface area contributed by atoms with E-state index >= 15 is 0 Å². The molecule has 0 amide bonds. The largest absolute Gasteiger partial charge is 1.00 e. The van der Waals surface area contributed by atoms with Crippen LogP contribution in [0.1, 0.15) is 124 Å². The molecule has 0 saturated carbocycles. The SMILES string of the molecule is CC(=O)CC(C)(C)C1=C(C)C(=O)C(C(C)(C)CC(C)=O)=C(C)C1=O.CC1=C(C(C)(C)CC(=O)O)C(=O)C(C)=C(C(C)(C)CC(=O)O)C1=O.[H+]. The summed E-state index contributed by atoms with van der Waals surface area (Å²) in [6.07, 6.45) is -0.143. The van der Waals surface area contributed by atoms with E-state index in [4.69, 9.17) is 10.2 Å². The smallest absolute Gasteiger partial charge is 0.481 e. The highest BCUT2D eigenvalue weighted by Gasteiger charge is 2.45. The lowest BCUT2D eigenvalue weighted by Crippen LogP contribution is -2.36. The van der Waals surface area contributed by atoms with Crippen LogP contribution < -0.4 is 0 Å². The molecular formula is C38H53O10+. The van der Waals surface area contributed by atoms with Crippen molar-refractivity contribution in [2.75, 3.05) is 0 Å². The van der Waals surface area contributed by atoms with Crippen LogP contribution in [0.25, 0.3) is 0 Å². The molecule has 0 heterocycles. The van der Waals surface area contributed by atoms with Crippen LogP contribution in [0.3, 0.4) is 0 Å². The van der Waals surface area contributed by atoms with Crippen molar-refractivity contribution in [3.05, 3.63) is 44.6 Å². The Kier molecular flexibility index (Phi) is 12.7. The number of allylic oxidation sites excluding steroid dienone is 8. The molecule has 0 radical (unpaired) electrons. The highest BCUT2D eigenvalue weighted by molar-refractivity contribution is 6.26. The summed E-state index contributed by atoms with van der Waals surface area (Å²) in [5.41, 5.74) is -0.962. The van der Waals surface area contributed by atoms with Crippen LogP contribution >= 0.6 is 0 Å². The number of Topliss-reactive ketones (excluding diaryl/α,β-unsaturated/α-hetero) is 6. The van der Waals surface area contributed by atoms with E-state index in [0.29, 0.717) is 22.3 Å². The molecule has 0 fully saturated rings. The van der Waals surface area contributed by atoms with Crippen molar-refractivity contribution in [3.63, 3.8) is 0 Å². The molecule has 0 aromatic heterocycles. The molecular weight excluding hydrogens is 616 g/mol. The minimum Gasteiger partial charge on any atom is -0.481 e. The van der Waals surface area contributed by atoms with Crippen molar-refractivity contribution in [1.29, 1.82) is 0 Å². The molecule has 0 saturated heterocycles. The minimum absolute atomic E-state index is 0. The second-order valence-corrected chi connectivity index (χ2v) is 15.8. The molecule has 2 rings (SSSR count). The third kappa shape index (κ3) is 9.08. The van der Waals surface area contributed by atoms with Gasteiger partial charge in [-0.2, -0.15) is 0 Å². The van der Waals surface area contributed by atoms with E-state index in [1.807, 2.05) is 27.7 Å². The van der Waals surface area contributed by atoms with Gasteiger partial charge in [-0.15, -0.1) is 0 Å². The van der Waals surface area contributed by atoms with E-state index in [-0.39, 0.29) is 84.1 Å². The summed E-state index contributed by atoms with van der Waals surface area (Å²) in [5, 5.41) is 18.1. The number of rotatable bonds is 12. The third-order valence-corrected chi connectivity index (χ3v) is 9.05. The monoisotopic (exact) mass is 669 g/mol. The first-order valence-corrected chi connectivity index (χ1v) is 15.9. The van der Waals surface area contributed by atoms with Gasteiger partial charge in [0.1, 0.15) is 11.6 Å². The van der Waals surface area contributed by atoms with Crippen molar-refractivity contribution in [2.45, 2.75) is 123 Å². The summed E-state index contributed by atoms with van der Waals surface area (Å²) in [4.78, 5) is 96.9. The number of hydrogen-bond acceptors (Lipinski definition) is 8. The van der Waals surface area contributed by atoms with Gasteiger partial charge in [0.2, 0.25) is 0 Å². The zero-order chi connectivity index (χ0) is 38.1. The highest BCUT2D eigenvalue weighted by Crippen LogP contribution is 2.45. The first-order valence-electron chi connectivity index (χ1n) is 15.9. The molecule has 0 bridgehead atoms. The minimum atomic E-state index is -1.06. The maximum Gasteiger partial charge on any atom is 1.00 e. The van der Waals surface area contributed by atoms with E-state index < -0.39 is 33.6 Å². The maximum atomic E-state index is 13.0. The number of ketones is 6. The topological polar surface area (TPSA) is 177 Å². The number of carbonyl (C=O) groups excluding carboxylic acids is 6. The number of carboxylic acids is 2. The molecule has 0 atom stereocenters. The van der Waals surface area contributed by atoms with Gasteiger partial charge in [0, 0.05) is 79.1 Å². The van der Waals surface area contributed by atoms with Crippen LogP contribution in [0.5, 0.6) is 0 Å². The van der Waals surface area contributed by atoms with E-state index in [2.05, 4.69) is 0 Å². The zero-order valence-corrected chi connectivity index (χ0v) is 31.0. The van der Waals surface area contributed by atoms with Crippen molar-refractivity contribution in [1.82, 2.24) is 0 Å². The van der Waals surface area contributed by atoms with Crippen LogP contribution in [0.2, 0.25) is 0 Å². The Bertz CT molecular complexity index is 1380. The zero-order valence-electron chi connectivity index (χ0n) is 32.0. The standard InChI is InChI=1S/C20H28O4.C18H24O6/c1-11(21)9-19(5,6)15-13(3)18(24)16(14(4)17(15)23)20(7,8)10-12(2)22;1-9-13(17(3,4)7-11(19)20)16(24)10(2)14(15(9)23)18(5,6)8-12(21)22/h9-10H2,1-8H3;7-8H2,1-6H3,(H,19,20)(H,21,22)/p+1. The Morgan fingerprint density at radius 2 is 0.604 bits per heavy atom. The fourth-order valence-electron chi connectivity index (χ4n) is 7.50. The van der Waals surface area contributed by atoms with Gasteiger partial charge in [0.05, 0.1) is 12.8 Å². The van der Waals surface area contributed by atoms with E-state index in [1.54, 1.807) is 41.5 Å². The average molecular weight is 670 g/mol. The molecule has 2 aliphatic rings. The fraction of sp³-hybridized carbons (Fsp3) is 0.579. The molecule has 2 aliphatic carbocycles. The van der Waals surface area contributed by atoms with Crippen LogP contribution in [0.15, 0.2) is 44.6 Å². The summed E-state index contributed by atoms with van der Waals surface area (Å²) >= 11 is 0. The van der Waals surface area contributed by atoms with Crippen LogP contribution in [-0.2, 0) is 38.4 Å². The average Bonchev–Trinajstić information content (AvgIpc) is 2.83. The Labute approximate surface area is 285 Å². The number of aliphatic carboxylic acids is 2. The molecule has 2 N–H and O–H groups in total. The molecule has 0 aromatic carbocycles. The van der Waals surface area contributed by atoms with E-state index in [0.717, 1.165) is 0 Å². The lowest BCUT2D eigenvalue weighted by Gasteiger charge is -2.36. The number of carbonyl (C=O) groups is 8. The van der Waals surface area contributed by atoms with Gasteiger partial charge >= 0.3 is 13.4 Å². The first kappa shape index (κ1) is 41.9. The Hall–Kier alpha value is -4.08. The summed E-state index contributed by atoms with van der Waals surface area (Å²) in [6.45, 7) is 23.0. The van der Waals surface area contributed by atoms with Gasteiger partial charge in [-0.3, -0.25) is 38.4 Å². The lowest BCUT2D eigenvalue weighted by molar-refractivity contribution is -0.140. The molecule has 0 aliphatic heterocycles. The highest BCUT2D eigenvalue weighted by atomic mass is 16.4. The fourth-order valence-corrected chi connectivity index (χ4v) is 7.50. The summed E-state index contributed by atoms with van der Waals surface area (Å²) in [6, 6.07) is 0. The Morgan fingerprint density at radius 1 is 0.438 bits per heavy atom. The molecule has 0 spiro atoms. The lowest BCUT2D eigenvalue weighted by atomic mass is 9.65. The van der Waals surface area contributed by atoms with Gasteiger partial charge < -0.3 is 10.2 Å². The predicted molar refractivity (Wildman–Crippen MR) is 182 cm³/mol. The van der Waals surface area contributed by atoms with Crippen LogP contribution in [0, 0.1) is 21.7 Å². The second-order valence-electron chi connectivity index (χ2n) is 15.8. The third-order valence-electron chi connectivity index (χ3n) is 9.05. The van der Waals surface area contributed by atoms with Gasteiger partial charge in [0.15, 0.2) is 23.1 Å². The molecule has 0 unspecified atom stereocenters. The molecule has 10 heteroatoms. The summed E-state index contributed by atoms with van der Waals surface area (Å²) in [5.74, 6) is -3.30. The van der Waals surface area contributed by atoms with Gasteiger partial charge in [0.25, 0.3) is 0 Å². The van der Waals surface area contributed by atoms with Gasteiger partial charge in [-0.05, 0) is 41.5 Å². The van der Waals surface area contributed by atoms with Gasteiger partial charge in [-0.25, -0.2) is 0 Å². The quantitative estimate of drug-likeness (QED) is 0.213. The number of carboxylic acid groups (broad SMARTS) is 2. The van der Waals surface area contributed by atoms with Crippen molar-refractivity contribution in [3.8, 4) is 0 Å². The molecule has 10 nitrogen and oxygen atoms in total. The van der Waals surface area contributed by atoms with E-state index in [9.17, 15) is 38.4 Å². The molecule has 264 valence electrons. The summed E-state index contributed by atoms with van der Waals surface area (Å²) < 4.78 is 0. The summed E-state index contributed by atoms with van der Waals surface area (Å²) in [7, 11) is 0. The Balaban J connectivity index is 0.000000922. The maximum absolute atomic E-state index is 13.0. The van der Waals surface area contributed by atoms with Crippen molar-refractivity contribution in [2.24, 2.45) is 21.7 Å². The predicted octanol–water partition coefficient (Wildman–Crippen LogP) is 6.67. The van der Waals surface area contributed by atoms with Crippen molar-refractivity contribution < 1.29 is 50.0 Å². The molecule has 0 aromatic rings. The van der Waals surface area contributed by atoms with Crippen LogP contribution in [-0.4, -0.2) is 56.9 Å². The normalized spacial score (nSPS) is 16.8. The van der Waals surface area contributed by atoms with Gasteiger partial charge in [-0.1, -0.05) is 55.4 Å². The Morgan fingerprint density at radius 3 is 0.750 bits per heavy atom. The first-order chi connectivity index (χ1) is 21.4. The van der Waals surface area contributed by atoms with Crippen LogP contribution in [0.4, 0.5) is 0 Å². The second kappa shape index (κ2) is 14.6. The van der Waals surface area contributed by atoms with E-state index in [1.165, 1.54) is 27.7 Å². The molecule has 48 heavy (non-hydrogen) atoms. The number of hydrogen-bond donors (Lipinski definition) is 2.